The van der Waals surface area contributed by atoms with E-state index < -0.39 is 0 Å². The Bertz CT molecular complexity index is 816. The summed E-state index contributed by atoms with van der Waals surface area (Å²) in [5.41, 5.74) is 4.58. The molecule has 0 atom stereocenters. The van der Waals surface area contributed by atoms with E-state index in [2.05, 4.69) is 26.0 Å². The quantitative estimate of drug-likeness (QED) is 0.637. The highest BCUT2D eigenvalue weighted by molar-refractivity contribution is 7.22. The molecule has 3 nitrogen and oxygen atoms in total. The lowest BCUT2D eigenvalue weighted by atomic mass is 10.1. The number of thiazole rings is 1. The van der Waals surface area contributed by atoms with Crippen LogP contribution >= 0.6 is 11.3 Å². The number of benzene rings is 2. The number of aromatic nitrogens is 1. The van der Waals surface area contributed by atoms with Crippen molar-refractivity contribution >= 4 is 32.6 Å². The molecule has 124 valence electrons. The fourth-order valence-electron chi connectivity index (χ4n) is 2.66. The predicted molar refractivity (Wildman–Crippen MR) is 102 cm³/mol. The van der Waals surface area contributed by atoms with Crippen molar-refractivity contribution in [1.29, 1.82) is 0 Å². The minimum absolute atomic E-state index is 0.133. The summed E-state index contributed by atoms with van der Waals surface area (Å²) in [6, 6.07) is 14.4. The molecule has 0 aliphatic rings. The molecular weight excluding hydrogens is 316 g/mol. The van der Waals surface area contributed by atoms with Crippen LogP contribution in [0.5, 0.6) is 0 Å². The van der Waals surface area contributed by atoms with Crippen LogP contribution in [-0.2, 0) is 11.3 Å². The van der Waals surface area contributed by atoms with Crippen LogP contribution in [0.4, 0.5) is 5.13 Å². The molecule has 3 rings (SSSR count). The zero-order chi connectivity index (χ0) is 17.1. The van der Waals surface area contributed by atoms with Crippen molar-refractivity contribution < 1.29 is 4.79 Å². The van der Waals surface area contributed by atoms with Gasteiger partial charge in [-0.2, -0.15) is 0 Å². The Morgan fingerprint density at radius 1 is 1.12 bits per heavy atom. The number of rotatable bonds is 5. The third-order valence-corrected chi connectivity index (χ3v) is 5.21. The van der Waals surface area contributed by atoms with Gasteiger partial charge in [-0.3, -0.25) is 9.69 Å². The molecule has 0 aliphatic heterocycles. The van der Waals surface area contributed by atoms with E-state index in [1.807, 2.05) is 42.2 Å². The second-order valence-corrected chi connectivity index (χ2v) is 7.13. The van der Waals surface area contributed by atoms with Gasteiger partial charge in [0.15, 0.2) is 5.13 Å². The molecule has 0 N–H and O–H groups in total. The summed E-state index contributed by atoms with van der Waals surface area (Å²) >= 11 is 1.60. The number of anilines is 1. The highest BCUT2D eigenvalue weighted by atomic mass is 32.1. The first-order valence-corrected chi connectivity index (χ1v) is 9.12. The zero-order valence-electron chi connectivity index (χ0n) is 14.4. The van der Waals surface area contributed by atoms with Gasteiger partial charge in [-0.05, 0) is 49.1 Å². The first-order valence-electron chi connectivity index (χ1n) is 8.30. The predicted octanol–water partition coefficient (Wildman–Crippen LogP) is 5.25. The lowest BCUT2D eigenvalue weighted by Crippen LogP contribution is -2.29. The van der Waals surface area contributed by atoms with Crippen molar-refractivity contribution in [2.75, 3.05) is 4.90 Å². The Hall–Kier alpha value is -2.20. The summed E-state index contributed by atoms with van der Waals surface area (Å²) < 4.78 is 1.13. The molecule has 1 heterocycles. The van der Waals surface area contributed by atoms with Crippen molar-refractivity contribution in [1.82, 2.24) is 4.98 Å². The van der Waals surface area contributed by atoms with E-state index in [1.54, 1.807) is 11.3 Å². The van der Waals surface area contributed by atoms with Crippen LogP contribution < -0.4 is 4.90 Å². The van der Waals surface area contributed by atoms with E-state index >= 15 is 0 Å². The maximum absolute atomic E-state index is 12.7. The van der Waals surface area contributed by atoms with Crippen LogP contribution in [0.2, 0.25) is 0 Å². The molecule has 4 heteroatoms. The summed E-state index contributed by atoms with van der Waals surface area (Å²) in [6.45, 7) is 6.80. The summed E-state index contributed by atoms with van der Waals surface area (Å²) in [6.07, 6.45) is 1.38. The number of carbonyl (C=O) groups is 1. The third kappa shape index (κ3) is 3.49. The second-order valence-electron chi connectivity index (χ2n) is 6.12. The number of hydrogen-bond acceptors (Lipinski definition) is 3. The molecule has 0 spiro atoms. The molecule has 0 saturated heterocycles. The van der Waals surface area contributed by atoms with Gasteiger partial charge in [0, 0.05) is 6.42 Å². The number of amides is 1. The Labute approximate surface area is 147 Å². The molecule has 2 aromatic carbocycles. The Kier molecular flexibility index (Phi) is 4.95. The topological polar surface area (TPSA) is 33.2 Å². The van der Waals surface area contributed by atoms with Crippen LogP contribution in [0.15, 0.2) is 42.5 Å². The van der Waals surface area contributed by atoms with Crippen LogP contribution in [-0.4, -0.2) is 10.9 Å². The van der Waals surface area contributed by atoms with E-state index in [0.29, 0.717) is 13.0 Å². The number of nitrogens with zero attached hydrogens (tertiary/aromatic N) is 2. The molecule has 0 aliphatic carbocycles. The largest absolute Gasteiger partial charge is 0.284 e. The molecule has 0 bridgehead atoms. The van der Waals surface area contributed by atoms with Gasteiger partial charge < -0.3 is 0 Å². The first kappa shape index (κ1) is 16.7. The fraction of sp³-hybridized carbons (Fsp3) is 0.300. The van der Waals surface area contributed by atoms with Crippen LogP contribution in [0.3, 0.4) is 0 Å². The normalized spacial score (nSPS) is 11.0. The van der Waals surface area contributed by atoms with Crippen LogP contribution in [0, 0.1) is 13.8 Å². The monoisotopic (exact) mass is 338 g/mol. The van der Waals surface area contributed by atoms with E-state index in [-0.39, 0.29) is 5.91 Å². The average molecular weight is 338 g/mol. The molecule has 0 fully saturated rings. The number of hydrogen-bond donors (Lipinski definition) is 0. The molecule has 0 saturated carbocycles. The van der Waals surface area contributed by atoms with Crippen molar-refractivity contribution in [2.45, 2.75) is 40.2 Å². The second kappa shape index (κ2) is 7.14. The first-order chi connectivity index (χ1) is 11.6. The van der Waals surface area contributed by atoms with Gasteiger partial charge in [-0.25, -0.2) is 4.98 Å². The summed E-state index contributed by atoms with van der Waals surface area (Å²) in [4.78, 5) is 19.2. The summed E-state index contributed by atoms with van der Waals surface area (Å²) in [5.74, 6) is 0.133. The number of fused-ring (bicyclic) bond motifs is 1. The zero-order valence-corrected chi connectivity index (χ0v) is 15.2. The smallest absolute Gasteiger partial charge is 0.229 e. The molecule has 24 heavy (non-hydrogen) atoms. The van der Waals surface area contributed by atoms with Crippen molar-refractivity contribution in [2.24, 2.45) is 0 Å². The maximum atomic E-state index is 12.7. The van der Waals surface area contributed by atoms with E-state index in [0.717, 1.165) is 27.3 Å². The van der Waals surface area contributed by atoms with E-state index in [4.69, 9.17) is 4.98 Å². The average Bonchev–Trinajstić information content (AvgIpc) is 2.96. The van der Waals surface area contributed by atoms with Gasteiger partial charge in [0.05, 0.1) is 16.8 Å². The van der Waals surface area contributed by atoms with Gasteiger partial charge in [-0.15, -0.1) is 0 Å². The van der Waals surface area contributed by atoms with Gasteiger partial charge in [-0.1, -0.05) is 48.6 Å². The molecule has 3 aromatic rings. The SMILES string of the molecule is CCCC(=O)N(Cc1ccccc1)c1nc2cc(C)c(C)cc2s1. The van der Waals surface area contributed by atoms with Crippen molar-refractivity contribution in [3.63, 3.8) is 0 Å². The van der Waals surface area contributed by atoms with Gasteiger partial charge >= 0.3 is 0 Å². The lowest BCUT2D eigenvalue weighted by molar-refractivity contribution is -0.118. The van der Waals surface area contributed by atoms with Gasteiger partial charge in [0.25, 0.3) is 0 Å². The van der Waals surface area contributed by atoms with Crippen LogP contribution in [0.1, 0.15) is 36.5 Å². The van der Waals surface area contributed by atoms with Gasteiger partial charge in [0.2, 0.25) is 5.91 Å². The molecular formula is C20H22N2OS. The molecule has 1 amide bonds. The highest BCUT2D eigenvalue weighted by Gasteiger charge is 2.19. The Morgan fingerprint density at radius 2 is 1.83 bits per heavy atom. The van der Waals surface area contributed by atoms with Gasteiger partial charge in [0.1, 0.15) is 0 Å². The van der Waals surface area contributed by atoms with E-state index in [9.17, 15) is 4.79 Å². The maximum Gasteiger partial charge on any atom is 0.229 e. The third-order valence-electron chi connectivity index (χ3n) is 4.17. The molecule has 1 aromatic heterocycles. The highest BCUT2D eigenvalue weighted by Crippen LogP contribution is 2.32. The molecule has 0 unspecified atom stereocenters. The molecule has 0 radical (unpaired) electrons. The van der Waals surface area contributed by atoms with Crippen molar-refractivity contribution in [3.8, 4) is 0 Å². The minimum atomic E-state index is 0.133. The van der Waals surface area contributed by atoms with Crippen molar-refractivity contribution in [3.05, 3.63) is 59.2 Å². The summed E-state index contributed by atoms with van der Waals surface area (Å²) in [5, 5.41) is 0.789. The Morgan fingerprint density at radius 3 is 2.54 bits per heavy atom. The fourth-order valence-corrected chi connectivity index (χ4v) is 3.72. The summed E-state index contributed by atoms with van der Waals surface area (Å²) in [7, 11) is 0. The number of aryl methyl sites for hydroxylation is 2. The minimum Gasteiger partial charge on any atom is -0.284 e. The Balaban J connectivity index is 1.99. The number of carbonyl (C=O) groups excluding carboxylic acids is 1. The van der Waals surface area contributed by atoms with Crippen LogP contribution in [0.25, 0.3) is 10.2 Å². The standard InChI is InChI=1S/C20H22N2OS/c1-4-8-19(23)22(13-16-9-6-5-7-10-16)20-21-17-11-14(2)15(3)12-18(17)24-20/h5-7,9-12H,4,8,13H2,1-3H3. The van der Waals surface area contributed by atoms with E-state index in [1.165, 1.54) is 11.1 Å². The lowest BCUT2D eigenvalue weighted by Gasteiger charge is -2.19.